The van der Waals surface area contributed by atoms with Gasteiger partial charge in [0.1, 0.15) is 5.82 Å². The highest BCUT2D eigenvalue weighted by Gasteiger charge is 2.10. The number of hydrogen-bond donors (Lipinski definition) is 1. The lowest BCUT2D eigenvalue weighted by Crippen LogP contribution is -2.41. The third-order valence-electron chi connectivity index (χ3n) is 3.67. The lowest BCUT2D eigenvalue weighted by Gasteiger charge is -2.21. The van der Waals surface area contributed by atoms with Crippen LogP contribution in [0.1, 0.15) is 18.1 Å². The van der Waals surface area contributed by atoms with Crippen molar-refractivity contribution in [3.63, 3.8) is 0 Å². The van der Waals surface area contributed by atoms with E-state index in [4.69, 9.17) is 0 Å². The standard InChI is InChI=1S/C18H22FN3O/c1-2-22(13-9-15-6-10-20-11-7-15)18(23)21-12-8-16-4-3-5-17(19)14-16/h3-7,10-11,14H,2,8-9,12-13H2,1H3,(H,21,23). The van der Waals surface area contributed by atoms with Crippen LogP contribution >= 0.6 is 0 Å². The summed E-state index contributed by atoms with van der Waals surface area (Å²) in [5.41, 5.74) is 2.04. The number of carbonyl (C=O) groups excluding carboxylic acids is 1. The maximum absolute atomic E-state index is 13.1. The average Bonchev–Trinajstić information content (AvgIpc) is 2.56. The van der Waals surface area contributed by atoms with E-state index >= 15 is 0 Å². The van der Waals surface area contributed by atoms with Crippen molar-refractivity contribution in [2.45, 2.75) is 19.8 Å². The van der Waals surface area contributed by atoms with Gasteiger partial charge in [-0.15, -0.1) is 0 Å². The number of amides is 2. The van der Waals surface area contributed by atoms with Crippen LogP contribution in [-0.2, 0) is 12.8 Å². The predicted molar refractivity (Wildman–Crippen MR) is 88.7 cm³/mol. The van der Waals surface area contributed by atoms with Crippen LogP contribution in [-0.4, -0.2) is 35.5 Å². The maximum Gasteiger partial charge on any atom is 0.317 e. The van der Waals surface area contributed by atoms with Crippen LogP contribution in [0.2, 0.25) is 0 Å². The summed E-state index contributed by atoms with van der Waals surface area (Å²) in [6.45, 7) is 3.76. The van der Waals surface area contributed by atoms with Gasteiger partial charge < -0.3 is 10.2 Å². The van der Waals surface area contributed by atoms with Gasteiger partial charge in [0.15, 0.2) is 0 Å². The first-order valence-electron chi connectivity index (χ1n) is 7.85. The van der Waals surface area contributed by atoms with Crippen molar-refractivity contribution in [3.8, 4) is 0 Å². The van der Waals surface area contributed by atoms with Crippen LogP contribution < -0.4 is 5.32 Å². The molecule has 0 radical (unpaired) electrons. The molecule has 2 aromatic rings. The Kier molecular flexibility index (Phi) is 6.54. The highest BCUT2D eigenvalue weighted by atomic mass is 19.1. The summed E-state index contributed by atoms with van der Waals surface area (Å²) < 4.78 is 13.1. The van der Waals surface area contributed by atoms with Crippen molar-refractivity contribution in [2.75, 3.05) is 19.6 Å². The number of likely N-dealkylation sites (N-methyl/N-ethyl adjacent to an activating group) is 1. The van der Waals surface area contributed by atoms with Crippen LogP contribution in [0.3, 0.4) is 0 Å². The first kappa shape index (κ1) is 16.9. The molecule has 0 spiro atoms. The Bertz CT molecular complexity index is 619. The van der Waals surface area contributed by atoms with Crippen molar-refractivity contribution in [1.82, 2.24) is 15.2 Å². The number of carbonyl (C=O) groups is 1. The first-order valence-corrected chi connectivity index (χ1v) is 7.85. The zero-order valence-electron chi connectivity index (χ0n) is 13.3. The third kappa shape index (κ3) is 5.70. The van der Waals surface area contributed by atoms with E-state index in [1.165, 1.54) is 12.1 Å². The van der Waals surface area contributed by atoms with Gasteiger partial charge in [0.2, 0.25) is 0 Å². The van der Waals surface area contributed by atoms with Gasteiger partial charge >= 0.3 is 6.03 Å². The minimum atomic E-state index is -0.249. The van der Waals surface area contributed by atoms with Gasteiger partial charge in [0.25, 0.3) is 0 Å². The molecule has 2 amide bonds. The summed E-state index contributed by atoms with van der Waals surface area (Å²) in [5, 5.41) is 2.89. The molecule has 0 bridgehead atoms. The first-order chi connectivity index (χ1) is 11.2. The largest absolute Gasteiger partial charge is 0.338 e. The Hall–Kier alpha value is -2.43. The summed E-state index contributed by atoms with van der Waals surface area (Å²) in [6.07, 6.45) is 4.93. The molecule has 0 aliphatic heterocycles. The molecule has 1 aromatic carbocycles. The molecule has 5 heteroatoms. The SMILES string of the molecule is CCN(CCc1ccncc1)C(=O)NCCc1cccc(F)c1. The van der Waals surface area contributed by atoms with Crippen molar-refractivity contribution < 1.29 is 9.18 Å². The summed E-state index contributed by atoms with van der Waals surface area (Å²) in [6, 6.07) is 10.3. The predicted octanol–water partition coefficient (Wildman–Crippen LogP) is 3.04. The molecule has 0 saturated carbocycles. The topological polar surface area (TPSA) is 45.2 Å². The number of hydrogen-bond acceptors (Lipinski definition) is 2. The molecular weight excluding hydrogens is 293 g/mol. The molecule has 0 saturated heterocycles. The second-order valence-electron chi connectivity index (χ2n) is 5.30. The molecule has 23 heavy (non-hydrogen) atoms. The fourth-order valence-electron chi connectivity index (χ4n) is 2.33. The average molecular weight is 315 g/mol. The van der Waals surface area contributed by atoms with Gasteiger partial charge in [-0.3, -0.25) is 4.98 Å². The maximum atomic E-state index is 13.1. The van der Waals surface area contributed by atoms with Crippen molar-refractivity contribution in [1.29, 1.82) is 0 Å². The van der Waals surface area contributed by atoms with E-state index in [-0.39, 0.29) is 11.8 Å². The molecule has 2 rings (SSSR count). The molecule has 0 aliphatic rings. The molecular formula is C18H22FN3O. The van der Waals surface area contributed by atoms with Crippen molar-refractivity contribution >= 4 is 6.03 Å². The van der Waals surface area contributed by atoms with Gasteiger partial charge in [-0.25, -0.2) is 9.18 Å². The molecule has 0 unspecified atom stereocenters. The number of rotatable bonds is 7. The van der Waals surface area contributed by atoms with Gasteiger partial charge in [0, 0.05) is 32.0 Å². The van der Waals surface area contributed by atoms with Crippen molar-refractivity contribution in [2.24, 2.45) is 0 Å². The molecule has 1 N–H and O–H groups in total. The Balaban J connectivity index is 1.76. The fraction of sp³-hybridized carbons (Fsp3) is 0.333. The minimum absolute atomic E-state index is 0.0852. The molecule has 0 atom stereocenters. The molecule has 122 valence electrons. The van der Waals surface area contributed by atoms with E-state index in [0.29, 0.717) is 26.1 Å². The van der Waals surface area contributed by atoms with Crippen LogP contribution in [0, 0.1) is 5.82 Å². The Morgan fingerprint density at radius 2 is 1.96 bits per heavy atom. The number of urea groups is 1. The smallest absolute Gasteiger partial charge is 0.317 e. The molecule has 0 fully saturated rings. The van der Waals surface area contributed by atoms with E-state index in [1.807, 2.05) is 25.1 Å². The number of nitrogens with one attached hydrogen (secondary N) is 1. The van der Waals surface area contributed by atoms with E-state index in [9.17, 15) is 9.18 Å². The van der Waals surface area contributed by atoms with E-state index < -0.39 is 0 Å². The Labute approximate surface area is 136 Å². The van der Waals surface area contributed by atoms with Crippen molar-refractivity contribution in [3.05, 3.63) is 65.7 Å². The molecule has 1 aromatic heterocycles. The lowest BCUT2D eigenvalue weighted by molar-refractivity contribution is 0.201. The second kappa shape index (κ2) is 8.88. The van der Waals surface area contributed by atoms with Gasteiger partial charge in [-0.05, 0) is 55.2 Å². The number of pyridine rings is 1. The highest BCUT2D eigenvalue weighted by molar-refractivity contribution is 5.74. The number of nitrogens with zero attached hydrogens (tertiary/aromatic N) is 2. The zero-order valence-corrected chi connectivity index (χ0v) is 13.3. The zero-order chi connectivity index (χ0) is 16.5. The molecule has 4 nitrogen and oxygen atoms in total. The monoisotopic (exact) mass is 315 g/mol. The lowest BCUT2D eigenvalue weighted by atomic mass is 10.1. The van der Waals surface area contributed by atoms with Crippen LogP contribution in [0.4, 0.5) is 9.18 Å². The van der Waals surface area contributed by atoms with Crippen LogP contribution in [0.5, 0.6) is 0 Å². The number of halogens is 1. The second-order valence-corrected chi connectivity index (χ2v) is 5.30. The molecule has 1 heterocycles. The van der Waals surface area contributed by atoms with Gasteiger partial charge in [-0.2, -0.15) is 0 Å². The highest BCUT2D eigenvalue weighted by Crippen LogP contribution is 2.04. The third-order valence-corrected chi connectivity index (χ3v) is 3.67. The van der Waals surface area contributed by atoms with Gasteiger partial charge in [-0.1, -0.05) is 12.1 Å². The fourth-order valence-corrected chi connectivity index (χ4v) is 2.33. The quantitative estimate of drug-likeness (QED) is 0.853. The van der Waals surface area contributed by atoms with E-state index in [0.717, 1.165) is 17.5 Å². The summed E-state index contributed by atoms with van der Waals surface area (Å²) >= 11 is 0. The summed E-state index contributed by atoms with van der Waals surface area (Å²) in [7, 11) is 0. The number of benzene rings is 1. The number of aromatic nitrogens is 1. The van der Waals surface area contributed by atoms with Crippen LogP contribution in [0.15, 0.2) is 48.8 Å². The van der Waals surface area contributed by atoms with Crippen LogP contribution in [0.25, 0.3) is 0 Å². The normalized spacial score (nSPS) is 10.3. The van der Waals surface area contributed by atoms with E-state index in [1.54, 1.807) is 23.4 Å². The van der Waals surface area contributed by atoms with E-state index in [2.05, 4.69) is 10.3 Å². The summed E-state index contributed by atoms with van der Waals surface area (Å²) in [4.78, 5) is 17.9. The Morgan fingerprint density at radius 3 is 2.65 bits per heavy atom. The van der Waals surface area contributed by atoms with Gasteiger partial charge in [0.05, 0.1) is 0 Å². The minimum Gasteiger partial charge on any atom is -0.338 e. The summed E-state index contributed by atoms with van der Waals surface area (Å²) in [5.74, 6) is -0.249. The molecule has 0 aliphatic carbocycles. The Morgan fingerprint density at radius 1 is 1.17 bits per heavy atom.